The van der Waals surface area contributed by atoms with E-state index in [1.54, 1.807) is 6.92 Å². The number of hydrogen-bond donors (Lipinski definition) is 0. The summed E-state index contributed by atoms with van der Waals surface area (Å²) in [5.41, 5.74) is -0.437. The van der Waals surface area contributed by atoms with Crippen molar-refractivity contribution in [3.63, 3.8) is 0 Å². The van der Waals surface area contributed by atoms with Crippen molar-refractivity contribution in [1.82, 2.24) is 0 Å². The van der Waals surface area contributed by atoms with Gasteiger partial charge in [-0.1, -0.05) is 26.6 Å². The van der Waals surface area contributed by atoms with E-state index in [1.165, 1.54) is 0 Å². The van der Waals surface area contributed by atoms with Gasteiger partial charge in [0.25, 0.3) is 0 Å². The molecule has 0 aromatic rings. The first-order chi connectivity index (χ1) is 9.75. The van der Waals surface area contributed by atoms with Gasteiger partial charge in [-0.05, 0) is 39.7 Å². The minimum Gasteiger partial charge on any atom is -0.456 e. The molecule has 0 radical (unpaired) electrons. The summed E-state index contributed by atoms with van der Waals surface area (Å²) in [5.74, 6) is -0.372. The smallest absolute Gasteiger partial charge is 0.335 e. The fourth-order valence-electron chi connectivity index (χ4n) is 1.51. The average molecular weight is 379 g/mol. The van der Waals surface area contributed by atoms with Gasteiger partial charge in [-0.25, -0.2) is 4.79 Å². The lowest BCUT2D eigenvalue weighted by atomic mass is 10.3. The van der Waals surface area contributed by atoms with Crippen molar-refractivity contribution in [3.8, 4) is 0 Å². The summed E-state index contributed by atoms with van der Waals surface area (Å²) in [6.45, 7) is 22.9. The number of carbonyl (C=O) groups excluding carboxylic acids is 1. The Morgan fingerprint density at radius 3 is 2.05 bits per heavy atom. The molecule has 8 heteroatoms. The van der Waals surface area contributed by atoms with Crippen molar-refractivity contribution >= 4 is 40.2 Å². The van der Waals surface area contributed by atoms with Crippen LogP contribution < -0.4 is 0 Å². The number of esters is 1. The van der Waals surface area contributed by atoms with Crippen LogP contribution in [-0.2, 0) is 18.1 Å². The zero-order valence-electron chi connectivity index (χ0n) is 15.8. The van der Waals surface area contributed by atoms with Crippen LogP contribution in [0.4, 0.5) is 0 Å². The number of rotatable bonds is 9. The normalized spacial score (nSPS) is 16.1. The summed E-state index contributed by atoms with van der Waals surface area (Å²) in [7, 11) is -5.61. The first-order valence-corrected chi connectivity index (χ1v) is 19.7. The highest BCUT2D eigenvalue weighted by Crippen LogP contribution is 2.26. The molecule has 0 heterocycles. The molecule has 0 fully saturated rings. The summed E-state index contributed by atoms with van der Waals surface area (Å²) in [5, 5.41) is 0. The molecular weight excluding hydrogens is 344 g/mol. The molecule has 0 spiro atoms. The molecule has 0 aliphatic carbocycles. The third kappa shape index (κ3) is 7.51. The van der Waals surface area contributed by atoms with Gasteiger partial charge in [0.1, 0.15) is 0 Å². The Morgan fingerprint density at radius 2 is 1.73 bits per heavy atom. The SMILES string of the molecule is C=C(C)C(=O)OC(CC)(O[Si](C)(C)[SiH](C)C)[SiH2]O[Si](C)(C)C. The van der Waals surface area contributed by atoms with Crippen molar-refractivity contribution < 1.29 is 18.1 Å². The number of hydrogen-bond acceptors (Lipinski definition) is 4. The van der Waals surface area contributed by atoms with Crippen LogP contribution in [0.2, 0.25) is 45.8 Å². The molecule has 1 unspecified atom stereocenters. The van der Waals surface area contributed by atoms with Crippen LogP contribution in [0.3, 0.4) is 0 Å². The Labute approximate surface area is 142 Å². The summed E-state index contributed by atoms with van der Waals surface area (Å²) in [4.78, 5) is 12.1. The van der Waals surface area contributed by atoms with E-state index >= 15 is 0 Å². The van der Waals surface area contributed by atoms with E-state index in [0.29, 0.717) is 12.0 Å². The lowest BCUT2D eigenvalue weighted by molar-refractivity contribution is -0.172. The lowest BCUT2D eigenvalue weighted by Gasteiger charge is -2.41. The minimum atomic E-state index is -1.83. The quantitative estimate of drug-likeness (QED) is 0.268. The highest BCUT2D eigenvalue weighted by Gasteiger charge is 2.43. The van der Waals surface area contributed by atoms with Gasteiger partial charge in [-0.3, -0.25) is 0 Å². The Balaban J connectivity index is 5.41. The molecule has 130 valence electrons. The van der Waals surface area contributed by atoms with Crippen molar-refractivity contribution in [2.24, 2.45) is 0 Å². The van der Waals surface area contributed by atoms with Crippen LogP contribution in [0.5, 0.6) is 0 Å². The predicted octanol–water partition coefficient (Wildman–Crippen LogP) is 2.89. The largest absolute Gasteiger partial charge is 0.456 e. The molecule has 0 aliphatic rings. The molecule has 0 rings (SSSR count). The Kier molecular flexibility index (Phi) is 8.20. The van der Waals surface area contributed by atoms with E-state index in [2.05, 4.69) is 52.4 Å². The zero-order chi connectivity index (χ0) is 17.8. The van der Waals surface area contributed by atoms with Gasteiger partial charge in [0.2, 0.25) is 15.2 Å². The van der Waals surface area contributed by atoms with Crippen molar-refractivity contribution in [1.29, 1.82) is 0 Å². The molecule has 0 bridgehead atoms. The molecule has 0 aromatic heterocycles. The second kappa shape index (κ2) is 8.20. The van der Waals surface area contributed by atoms with Gasteiger partial charge in [-0.15, -0.1) is 0 Å². The van der Waals surface area contributed by atoms with E-state index in [0.717, 1.165) is 0 Å². The van der Waals surface area contributed by atoms with Crippen molar-refractivity contribution in [2.45, 2.75) is 71.5 Å². The molecule has 0 N–H and O–H groups in total. The van der Waals surface area contributed by atoms with Gasteiger partial charge >= 0.3 is 5.97 Å². The molecule has 4 nitrogen and oxygen atoms in total. The maximum atomic E-state index is 12.1. The Morgan fingerprint density at radius 1 is 1.23 bits per heavy atom. The van der Waals surface area contributed by atoms with E-state index in [-0.39, 0.29) is 5.97 Å². The zero-order valence-corrected chi connectivity index (χ0v) is 20.4. The maximum absolute atomic E-state index is 12.1. The molecule has 22 heavy (non-hydrogen) atoms. The van der Waals surface area contributed by atoms with Crippen molar-refractivity contribution in [3.05, 3.63) is 12.2 Å². The predicted molar refractivity (Wildman–Crippen MR) is 104 cm³/mol. The number of carbonyl (C=O) groups is 1. The summed E-state index contributed by atoms with van der Waals surface area (Å²) < 4.78 is 18.5. The van der Waals surface area contributed by atoms with E-state index in [1.807, 2.05) is 6.92 Å². The molecule has 0 aromatic carbocycles. The third-order valence-electron chi connectivity index (χ3n) is 3.73. The second-order valence-electron chi connectivity index (χ2n) is 7.70. The molecule has 0 saturated heterocycles. The first-order valence-electron chi connectivity index (χ1n) is 7.97. The topological polar surface area (TPSA) is 44.8 Å². The van der Waals surface area contributed by atoms with Crippen LogP contribution in [0.15, 0.2) is 12.2 Å². The molecule has 0 saturated carbocycles. The molecule has 1 atom stereocenters. The standard InChI is InChI=1S/C14H34O4Si4/c1-11-14(16-13(15)12(2)3,19-18-21(6,7)8)17-22(9,10)20(4)5/h20H,2,11,19H2,1,3-10H3. The van der Waals surface area contributed by atoms with Crippen LogP contribution in [0, 0.1) is 0 Å². The fraction of sp³-hybridized carbons (Fsp3) is 0.786. The summed E-state index contributed by atoms with van der Waals surface area (Å²) in [6.07, 6.45) is 0.639. The second-order valence-corrected chi connectivity index (χ2v) is 27.8. The number of ether oxygens (including phenoxy) is 1. The lowest BCUT2D eigenvalue weighted by Crippen LogP contribution is -2.58. The fourth-order valence-corrected chi connectivity index (χ4v) is 9.10. The third-order valence-corrected chi connectivity index (χ3v) is 21.7. The summed E-state index contributed by atoms with van der Waals surface area (Å²) in [6, 6.07) is 0. The minimum absolute atomic E-state index is 0.372. The first kappa shape index (κ1) is 22.0. The van der Waals surface area contributed by atoms with Gasteiger partial charge in [-0.2, -0.15) is 0 Å². The van der Waals surface area contributed by atoms with Gasteiger partial charge in [0.05, 0.1) is 8.31 Å². The van der Waals surface area contributed by atoms with Crippen LogP contribution >= 0.6 is 0 Å². The van der Waals surface area contributed by atoms with Crippen LogP contribution in [-0.4, -0.2) is 45.6 Å². The van der Waals surface area contributed by atoms with Crippen molar-refractivity contribution in [2.75, 3.05) is 0 Å². The maximum Gasteiger partial charge on any atom is 0.335 e. The van der Waals surface area contributed by atoms with E-state index in [9.17, 15) is 4.79 Å². The van der Waals surface area contributed by atoms with E-state index < -0.39 is 39.6 Å². The van der Waals surface area contributed by atoms with Gasteiger partial charge in [0, 0.05) is 12.0 Å². The van der Waals surface area contributed by atoms with E-state index in [4.69, 9.17) is 13.3 Å². The van der Waals surface area contributed by atoms with Gasteiger partial charge < -0.3 is 13.3 Å². The monoisotopic (exact) mass is 378 g/mol. The highest BCUT2D eigenvalue weighted by atomic mass is 29.2. The van der Waals surface area contributed by atoms with Crippen LogP contribution in [0.1, 0.15) is 20.3 Å². The molecular formula is C14H34O4Si4. The Bertz CT molecular complexity index is 404. The highest BCUT2D eigenvalue weighted by molar-refractivity contribution is 7.28. The molecule has 0 amide bonds. The van der Waals surface area contributed by atoms with Gasteiger partial charge in [0.15, 0.2) is 16.2 Å². The Hall–Kier alpha value is -0.00247. The average Bonchev–Trinajstić information content (AvgIpc) is 2.34. The molecule has 0 aliphatic heterocycles. The summed E-state index contributed by atoms with van der Waals surface area (Å²) >= 11 is 0. The van der Waals surface area contributed by atoms with Crippen LogP contribution in [0.25, 0.3) is 0 Å².